The van der Waals surface area contributed by atoms with E-state index < -0.39 is 5.97 Å². The first kappa shape index (κ1) is 15.0. The maximum atomic E-state index is 11.4. The Balaban J connectivity index is 2.21. The van der Waals surface area contributed by atoms with E-state index in [1.807, 2.05) is 0 Å². The molecule has 0 aliphatic carbocycles. The smallest absolute Gasteiger partial charge is 0.320 e. The molecule has 1 N–H and O–H groups in total. The Labute approximate surface area is 121 Å². The van der Waals surface area contributed by atoms with E-state index in [0.29, 0.717) is 5.92 Å². The van der Waals surface area contributed by atoms with Gasteiger partial charge in [-0.05, 0) is 42.9 Å². The number of carboxylic acids is 1. The third kappa shape index (κ3) is 3.04. The minimum atomic E-state index is -0.681. The molecule has 0 amide bonds. The molecule has 110 valence electrons. The lowest BCUT2D eigenvalue weighted by atomic mass is 9.97. The van der Waals surface area contributed by atoms with Gasteiger partial charge in [0, 0.05) is 6.04 Å². The standard InChI is InChI=1S/C17H25NO2/c1-4-15(18-11-5-6-16(18)17(19)20)14-9-7-13(8-10-14)12(2)3/h7-10,12,15-16H,4-6,11H2,1-3H3,(H,19,20). The summed E-state index contributed by atoms with van der Waals surface area (Å²) in [6, 6.07) is 8.59. The summed E-state index contributed by atoms with van der Waals surface area (Å²) < 4.78 is 0. The first-order chi connectivity index (χ1) is 9.54. The van der Waals surface area contributed by atoms with Crippen LogP contribution in [-0.4, -0.2) is 28.6 Å². The Morgan fingerprint density at radius 1 is 1.30 bits per heavy atom. The highest BCUT2D eigenvalue weighted by Gasteiger charge is 2.35. The third-order valence-electron chi connectivity index (χ3n) is 4.35. The van der Waals surface area contributed by atoms with Gasteiger partial charge in [-0.2, -0.15) is 0 Å². The largest absolute Gasteiger partial charge is 0.480 e. The van der Waals surface area contributed by atoms with Crippen LogP contribution in [0.2, 0.25) is 0 Å². The Bertz CT molecular complexity index is 453. The summed E-state index contributed by atoms with van der Waals surface area (Å²) in [5.74, 6) is -0.151. The molecule has 3 heteroatoms. The van der Waals surface area contributed by atoms with Gasteiger partial charge in [0.2, 0.25) is 0 Å². The van der Waals surface area contributed by atoms with Crippen LogP contribution in [-0.2, 0) is 4.79 Å². The summed E-state index contributed by atoms with van der Waals surface area (Å²) in [6.07, 6.45) is 2.71. The van der Waals surface area contributed by atoms with Gasteiger partial charge in [0.1, 0.15) is 6.04 Å². The van der Waals surface area contributed by atoms with Crippen molar-refractivity contribution in [3.05, 3.63) is 35.4 Å². The normalized spacial score (nSPS) is 21.3. The van der Waals surface area contributed by atoms with Crippen molar-refractivity contribution in [3.8, 4) is 0 Å². The molecule has 1 fully saturated rings. The molecule has 2 unspecified atom stereocenters. The molecule has 0 aromatic heterocycles. The second-order valence-electron chi connectivity index (χ2n) is 5.98. The highest BCUT2D eigenvalue weighted by atomic mass is 16.4. The fourth-order valence-electron chi connectivity index (χ4n) is 3.19. The molecule has 0 spiro atoms. The van der Waals surface area contributed by atoms with Crippen LogP contribution in [0.4, 0.5) is 0 Å². The minimum absolute atomic E-state index is 0.222. The maximum Gasteiger partial charge on any atom is 0.320 e. The predicted octanol–water partition coefficient (Wildman–Crippen LogP) is 3.81. The Hall–Kier alpha value is -1.35. The van der Waals surface area contributed by atoms with Crippen molar-refractivity contribution >= 4 is 5.97 Å². The van der Waals surface area contributed by atoms with E-state index in [1.54, 1.807) is 0 Å². The highest BCUT2D eigenvalue weighted by molar-refractivity contribution is 5.73. The maximum absolute atomic E-state index is 11.4. The van der Waals surface area contributed by atoms with Crippen molar-refractivity contribution in [3.63, 3.8) is 0 Å². The van der Waals surface area contributed by atoms with Crippen molar-refractivity contribution < 1.29 is 9.90 Å². The van der Waals surface area contributed by atoms with E-state index >= 15 is 0 Å². The summed E-state index contributed by atoms with van der Waals surface area (Å²) in [6.45, 7) is 7.40. The Morgan fingerprint density at radius 2 is 1.90 bits per heavy atom. The van der Waals surface area contributed by atoms with Gasteiger partial charge in [-0.1, -0.05) is 45.0 Å². The van der Waals surface area contributed by atoms with Gasteiger partial charge in [-0.25, -0.2) is 0 Å². The number of aliphatic carboxylic acids is 1. The summed E-state index contributed by atoms with van der Waals surface area (Å²) >= 11 is 0. The van der Waals surface area contributed by atoms with Gasteiger partial charge in [0.25, 0.3) is 0 Å². The average molecular weight is 275 g/mol. The zero-order valence-corrected chi connectivity index (χ0v) is 12.7. The van der Waals surface area contributed by atoms with Crippen LogP contribution in [0.5, 0.6) is 0 Å². The Morgan fingerprint density at radius 3 is 2.40 bits per heavy atom. The lowest BCUT2D eigenvalue weighted by Crippen LogP contribution is -2.38. The lowest BCUT2D eigenvalue weighted by molar-refractivity contribution is -0.143. The summed E-state index contributed by atoms with van der Waals surface area (Å²) in [5, 5.41) is 9.35. The van der Waals surface area contributed by atoms with E-state index in [-0.39, 0.29) is 12.1 Å². The molecule has 2 atom stereocenters. The van der Waals surface area contributed by atoms with Gasteiger partial charge < -0.3 is 5.11 Å². The summed E-state index contributed by atoms with van der Waals surface area (Å²) in [4.78, 5) is 13.5. The van der Waals surface area contributed by atoms with Gasteiger partial charge >= 0.3 is 5.97 Å². The first-order valence-corrected chi connectivity index (χ1v) is 7.63. The zero-order valence-electron chi connectivity index (χ0n) is 12.7. The first-order valence-electron chi connectivity index (χ1n) is 7.63. The van der Waals surface area contributed by atoms with Crippen LogP contribution in [0, 0.1) is 0 Å². The highest BCUT2D eigenvalue weighted by Crippen LogP contribution is 2.32. The second kappa shape index (κ2) is 6.40. The van der Waals surface area contributed by atoms with Crippen LogP contribution >= 0.6 is 0 Å². The second-order valence-corrected chi connectivity index (χ2v) is 5.98. The molecule has 20 heavy (non-hydrogen) atoms. The molecule has 0 saturated carbocycles. The Kier molecular flexibility index (Phi) is 4.81. The molecule has 3 nitrogen and oxygen atoms in total. The van der Waals surface area contributed by atoms with Gasteiger partial charge in [0.15, 0.2) is 0 Å². The quantitative estimate of drug-likeness (QED) is 0.888. The monoisotopic (exact) mass is 275 g/mol. The van der Waals surface area contributed by atoms with Crippen LogP contribution in [0.1, 0.15) is 63.1 Å². The van der Waals surface area contributed by atoms with Gasteiger partial charge in [0.05, 0.1) is 0 Å². The van der Waals surface area contributed by atoms with Crippen LogP contribution in [0.3, 0.4) is 0 Å². The van der Waals surface area contributed by atoms with E-state index in [1.165, 1.54) is 11.1 Å². The third-order valence-corrected chi connectivity index (χ3v) is 4.35. The number of likely N-dealkylation sites (tertiary alicyclic amines) is 1. The van der Waals surface area contributed by atoms with Crippen molar-refractivity contribution in [2.24, 2.45) is 0 Å². The number of nitrogens with zero attached hydrogens (tertiary/aromatic N) is 1. The van der Waals surface area contributed by atoms with Crippen LogP contribution < -0.4 is 0 Å². The molecule has 1 aromatic rings. The molecule has 1 aliphatic heterocycles. The molecule has 0 bridgehead atoms. The van der Waals surface area contributed by atoms with Crippen molar-refractivity contribution in [1.29, 1.82) is 0 Å². The number of hydrogen-bond acceptors (Lipinski definition) is 2. The topological polar surface area (TPSA) is 40.5 Å². The molecule has 1 aromatic carbocycles. The number of rotatable bonds is 5. The molecule has 1 saturated heterocycles. The van der Waals surface area contributed by atoms with Crippen molar-refractivity contribution in [2.45, 2.75) is 58.0 Å². The van der Waals surface area contributed by atoms with Crippen LogP contribution in [0.25, 0.3) is 0 Å². The molecular formula is C17H25NO2. The number of carbonyl (C=O) groups is 1. The van der Waals surface area contributed by atoms with Gasteiger partial charge in [-0.15, -0.1) is 0 Å². The van der Waals surface area contributed by atoms with Gasteiger partial charge in [-0.3, -0.25) is 9.69 Å². The molecule has 1 heterocycles. The SMILES string of the molecule is CCC(c1ccc(C(C)C)cc1)N1CCCC1C(=O)O. The number of benzene rings is 1. The van der Waals surface area contributed by atoms with E-state index in [4.69, 9.17) is 0 Å². The van der Waals surface area contributed by atoms with Crippen LogP contribution in [0.15, 0.2) is 24.3 Å². The van der Waals surface area contributed by atoms with E-state index in [0.717, 1.165) is 25.8 Å². The summed E-state index contributed by atoms with van der Waals surface area (Å²) in [7, 11) is 0. The lowest BCUT2D eigenvalue weighted by Gasteiger charge is -2.31. The molecule has 0 radical (unpaired) electrons. The van der Waals surface area contributed by atoms with Crippen molar-refractivity contribution in [1.82, 2.24) is 4.90 Å². The zero-order chi connectivity index (χ0) is 14.7. The minimum Gasteiger partial charge on any atom is -0.480 e. The van der Waals surface area contributed by atoms with Crippen molar-refractivity contribution in [2.75, 3.05) is 6.54 Å². The van der Waals surface area contributed by atoms with E-state index in [2.05, 4.69) is 49.9 Å². The number of hydrogen-bond donors (Lipinski definition) is 1. The predicted molar refractivity (Wildman–Crippen MR) is 80.9 cm³/mol. The number of carboxylic acid groups (broad SMARTS) is 1. The molecular weight excluding hydrogens is 250 g/mol. The van der Waals surface area contributed by atoms with E-state index in [9.17, 15) is 9.90 Å². The fourth-order valence-corrected chi connectivity index (χ4v) is 3.19. The average Bonchev–Trinajstić information content (AvgIpc) is 2.89. The fraction of sp³-hybridized carbons (Fsp3) is 0.588. The molecule has 2 rings (SSSR count). The summed E-state index contributed by atoms with van der Waals surface area (Å²) in [5.41, 5.74) is 2.57. The molecule has 1 aliphatic rings.